The summed E-state index contributed by atoms with van der Waals surface area (Å²) in [5.41, 5.74) is 1.19. The average Bonchev–Trinajstić information content (AvgIpc) is 2.29. The van der Waals surface area contributed by atoms with Crippen LogP contribution in [0.15, 0.2) is 31.0 Å². The number of unbranched alkanes of at least 4 members (excludes halogenated alkanes) is 1. The first-order valence-corrected chi connectivity index (χ1v) is 5.17. The molecule has 0 aliphatic heterocycles. The van der Waals surface area contributed by atoms with Crippen LogP contribution in [0.1, 0.15) is 18.4 Å². The summed E-state index contributed by atoms with van der Waals surface area (Å²) in [6.45, 7) is 5.55. The van der Waals surface area contributed by atoms with E-state index in [0.717, 1.165) is 25.9 Å². The van der Waals surface area contributed by atoms with Gasteiger partial charge in [0.05, 0.1) is 7.11 Å². The molecule has 0 bridgehead atoms. The minimum atomic E-state index is 0.667. The van der Waals surface area contributed by atoms with Crippen LogP contribution in [0, 0.1) is 0 Å². The minimum absolute atomic E-state index is 0.667. The SMILES string of the molecule is C=CCCCNCc1ccnc(OC)c1. The Labute approximate surface area is 91.2 Å². The topological polar surface area (TPSA) is 34.2 Å². The van der Waals surface area contributed by atoms with Crippen molar-refractivity contribution >= 4 is 0 Å². The molecule has 0 radical (unpaired) electrons. The van der Waals surface area contributed by atoms with Gasteiger partial charge in [-0.3, -0.25) is 0 Å². The summed E-state index contributed by atoms with van der Waals surface area (Å²) in [5.74, 6) is 0.667. The molecule has 0 saturated carbocycles. The molecule has 0 spiro atoms. The first kappa shape index (κ1) is 11.7. The molecule has 1 heterocycles. The Balaban J connectivity index is 2.27. The summed E-state index contributed by atoms with van der Waals surface area (Å²) in [6.07, 6.45) is 5.90. The normalized spacial score (nSPS) is 9.93. The predicted octanol–water partition coefficient (Wildman–Crippen LogP) is 2.15. The second-order valence-electron chi connectivity index (χ2n) is 3.31. The standard InChI is InChI=1S/C12H18N2O/c1-3-4-5-7-13-10-11-6-8-14-12(9-11)15-2/h3,6,8-9,13H,1,4-5,7,10H2,2H3. The second-order valence-corrected chi connectivity index (χ2v) is 3.31. The molecule has 0 aliphatic rings. The molecule has 0 atom stereocenters. The van der Waals surface area contributed by atoms with E-state index in [2.05, 4.69) is 16.9 Å². The van der Waals surface area contributed by atoms with Crippen LogP contribution in [-0.2, 0) is 6.54 Å². The molecule has 0 saturated heterocycles. The van der Waals surface area contributed by atoms with E-state index >= 15 is 0 Å². The first-order valence-electron chi connectivity index (χ1n) is 5.17. The summed E-state index contributed by atoms with van der Waals surface area (Å²) in [7, 11) is 1.63. The molecule has 1 rings (SSSR count). The highest BCUT2D eigenvalue weighted by Crippen LogP contribution is 2.07. The van der Waals surface area contributed by atoms with Gasteiger partial charge in [-0.15, -0.1) is 6.58 Å². The van der Waals surface area contributed by atoms with Gasteiger partial charge >= 0.3 is 0 Å². The number of methoxy groups -OCH3 is 1. The summed E-state index contributed by atoms with van der Waals surface area (Å²) < 4.78 is 5.05. The number of nitrogens with one attached hydrogen (secondary N) is 1. The highest BCUT2D eigenvalue weighted by molar-refractivity contribution is 5.20. The highest BCUT2D eigenvalue weighted by atomic mass is 16.5. The Kier molecular flexibility index (Phi) is 5.48. The van der Waals surface area contributed by atoms with E-state index in [0.29, 0.717) is 5.88 Å². The van der Waals surface area contributed by atoms with Crippen molar-refractivity contribution in [3.63, 3.8) is 0 Å². The largest absolute Gasteiger partial charge is 0.481 e. The van der Waals surface area contributed by atoms with Crippen LogP contribution in [0.4, 0.5) is 0 Å². The molecule has 0 amide bonds. The van der Waals surface area contributed by atoms with Gasteiger partial charge in [0, 0.05) is 18.8 Å². The Morgan fingerprint density at radius 3 is 3.20 bits per heavy atom. The zero-order valence-electron chi connectivity index (χ0n) is 9.20. The Morgan fingerprint density at radius 1 is 1.60 bits per heavy atom. The van der Waals surface area contributed by atoms with E-state index in [1.165, 1.54) is 5.56 Å². The zero-order chi connectivity index (χ0) is 10.9. The van der Waals surface area contributed by atoms with Crippen molar-refractivity contribution in [3.8, 4) is 5.88 Å². The Morgan fingerprint density at radius 2 is 2.47 bits per heavy atom. The summed E-state index contributed by atoms with van der Waals surface area (Å²) >= 11 is 0. The van der Waals surface area contributed by atoms with E-state index in [1.807, 2.05) is 18.2 Å². The molecule has 0 aliphatic carbocycles. The van der Waals surface area contributed by atoms with Gasteiger partial charge in [0.1, 0.15) is 0 Å². The van der Waals surface area contributed by atoms with Gasteiger partial charge in [0.25, 0.3) is 0 Å². The lowest BCUT2D eigenvalue weighted by Gasteiger charge is -2.05. The van der Waals surface area contributed by atoms with Crippen LogP contribution in [0.25, 0.3) is 0 Å². The molecule has 3 heteroatoms. The third-order valence-electron chi connectivity index (χ3n) is 2.10. The van der Waals surface area contributed by atoms with Crippen LogP contribution >= 0.6 is 0 Å². The first-order chi connectivity index (χ1) is 7.36. The quantitative estimate of drug-likeness (QED) is 0.548. The number of pyridine rings is 1. The summed E-state index contributed by atoms with van der Waals surface area (Å²) in [5, 5.41) is 3.36. The lowest BCUT2D eigenvalue weighted by atomic mass is 10.2. The molecule has 0 fully saturated rings. The lowest BCUT2D eigenvalue weighted by Crippen LogP contribution is -2.14. The molecule has 1 aromatic heterocycles. The monoisotopic (exact) mass is 206 g/mol. The molecule has 3 nitrogen and oxygen atoms in total. The molecule has 1 N–H and O–H groups in total. The molecule has 82 valence electrons. The van der Waals surface area contributed by atoms with Crippen LogP contribution in [0.3, 0.4) is 0 Å². The third kappa shape index (κ3) is 4.61. The van der Waals surface area contributed by atoms with Crippen molar-refractivity contribution in [3.05, 3.63) is 36.5 Å². The molecular weight excluding hydrogens is 188 g/mol. The van der Waals surface area contributed by atoms with Gasteiger partial charge in [-0.2, -0.15) is 0 Å². The van der Waals surface area contributed by atoms with Gasteiger partial charge in [-0.1, -0.05) is 6.08 Å². The fraction of sp³-hybridized carbons (Fsp3) is 0.417. The van der Waals surface area contributed by atoms with Crippen molar-refractivity contribution in [2.75, 3.05) is 13.7 Å². The number of nitrogens with zero attached hydrogens (tertiary/aromatic N) is 1. The summed E-state index contributed by atoms with van der Waals surface area (Å²) in [4.78, 5) is 4.05. The predicted molar refractivity (Wildman–Crippen MR) is 61.9 cm³/mol. The second kappa shape index (κ2) is 7.01. The van der Waals surface area contributed by atoms with Crippen molar-refractivity contribution in [1.29, 1.82) is 0 Å². The number of ether oxygens (including phenoxy) is 1. The molecule has 15 heavy (non-hydrogen) atoms. The maximum atomic E-state index is 5.05. The van der Waals surface area contributed by atoms with E-state index in [9.17, 15) is 0 Å². The van der Waals surface area contributed by atoms with E-state index in [1.54, 1.807) is 13.3 Å². The van der Waals surface area contributed by atoms with Crippen molar-refractivity contribution in [2.24, 2.45) is 0 Å². The minimum Gasteiger partial charge on any atom is -0.481 e. The van der Waals surface area contributed by atoms with Crippen LogP contribution in [0.2, 0.25) is 0 Å². The fourth-order valence-corrected chi connectivity index (χ4v) is 1.28. The summed E-state index contributed by atoms with van der Waals surface area (Å²) in [6, 6.07) is 3.93. The fourth-order valence-electron chi connectivity index (χ4n) is 1.28. The Bertz CT molecular complexity index is 299. The van der Waals surface area contributed by atoms with Gasteiger partial charge < -0.3 is 10.1 Å². The van der Waals surface area contributed by atoms with Gasteiger partial charge in [-0.05, 0) is 31.0 Å². The van der Waals surface area contributed by atoms with Gasteiger partial charge in [0.2, 0.25) is 5.88 Å². The number of hydrogen-bond donors (Lipinski definition) is 1. The molecule has 1 aromatic rings. The van der Waals surface area contributed by atoms with Crippen LogP contribution < -0.4 is 10.1 Å². The van der Waals surface area contributed by atoms with Crippen molar-refractivity contribution < 1.29 is 4.74 Å². The highest BCUT2D eigenvalue weighted by Gasteiger charge is 1.95. The Hall–Kier alpha value is -1.35. The number of aromatic nitrogens is 1. The average molecular weight is 206 g/mol. The molecular formula is C12H18N2O. The van der Waals surface area contributed by atoms with E-state index < -0.39 is 0 Å². The van der Waals surface area contributed by atoms with E-state index in [4.69, 9.17) is 4.74 Å². The molecule has 0 unspecified atom stereocenters. The number of rotatable bonds is 7. The van der Waals surface area contributed by atoms with Crippen molar-refractivity contribution in [1.82, 2.24) is 10.3 Å². The number of allylic oxidation sites excluding steroid dienone is 1. The van der Waals surface area contributed by atoms with Gasteiger partial charge in [0.15, 0.2) is 0 Å². The maximum absolute atomic E-state index is 5.05. The maximum Gasteiger partial charge on any atom is 0.213 e. The van der Waals surface area contributed by atoms with Crippen LogP contribution in [-0.4, -0.2) is 18.6 Å². The van der Waals surface area contributed by atoms with Crippen LogP contribution in [0.5, 0.6) is 5.88 Å². The van der Waals surface area contributed by atoms with E-state index in [-0.39, 0.29) is 0 Å². The lowest BCUT2D eigenvalue weighted by molar-refractivity contribution is 0.397. The zero-order valence-corrected chi connectivity index (χ0v) is 9.20. The van der Waals surface area contributed by atoms with Gasteiger partial charge in [-0.25, -0.2) is 4.98 Å². The number of hydrogen-bond acceptors (Lipinski definition) is 3. The van der Waals surface area contributed by atoms with Crippen molar-refractivity contribution in [2.45, 2.75) is 19.4 Å². The smallest absolute Gasteiger partial charge is 0.213 e. The molecule has 0 aromatic carbocycles. The third-order valence-corrected chi connectivity index (χ3v) is 2.10.